The van der Waals surface area contributed by atoms with Crippen LogP contribution in [0.25, 0.3) is 10.9 Å². The van der Waals surface area contributed by atoms with Gasteiger partial charge in [0.05, 0.1) is 23.9 Å². The monoisotopic (exact) mass is 400 g/mol. The first kappa shape index (κ1) is 18.6. The van der Waals surface area contributed by atoms with Crippen LogP contribution in [0.3, 0.4) is 0 Å². The molecular weight excluding hydrogens is 376 g/mol. The van der Waals surface area contributed by atoms with Crippen molar-refractivity contribution >= 4 is 22.5 Å². The Morgan fingerprint density at radius 1 is 1.10 bits per heavy atom. The highest BCUT2D eigenvalue weighted by atomic mass is 16.2. The molecule has 30 heavy (non-hydrogen) atoms. The molecule has 0 bridgehead atoms. The van der Waals surface area contributed by atoms with E-state index in [-0.39, 0.29) is 5.91 Å². The van der Waals surface area contributed by atoms with Crippen molar-refractivity contribution in [3.63, 3.8) is 0 Å². The smallest absolute Gasteiger partial charge is 0.276 e. The Morgan fingerprint density at radius 3 is 2.73 bits per heavy atom. The second kappa shape index (κ2) is 8.12. The number of aromatic nitrogens is 4. The van der Waals surface area contributed by atoms with E-state index in [2.05, 4.69) is 50.2 Å². The van der Waals surface area contributed by atoms with E-state index >= 15 is 0 Å². The van der Waals surface area contributed by atoms with Gasteiger partial charge in [0.15, 0.2) is 5.69 Å². The van der Waals surface area contributed by atoms with E-state index in [4.69, 9.17) is 0 Å². The number of carbonyl (C=O) groups excluding carboxylic acids is 1. The lowest BCUT2D eigenvalue weighted by atomic mass is 10.1. The van der Waals surface area contributed by atoms with Crippen molar-refractivity contribution in [3.05, 3.63) is 77.7 Å². The summed E-state index contributed by atoms with van der Waals surface area (Å²) in [6.45, 7) is 2.69. The third-order valence-electron chi connectivity index (χ3n) is 5.40. The lowest BCUT2D eigenvalue weighted by Gasteiger charge is -2.06. The Hall–Kier alpha value is -3.45. The number of fused-ring (bicyclic) bond motifs is 1. The lowest BCUT2D eigenvalue weighted by Crippen LogP contribution is -2.16. The third-order valence-corrected chi connectivity index (χ3v) is 5.40. The number of hydrogen-bond donors (Lipinski definition) is 3. The van der Waals surface area contributed by atoms with E-state index in [0.717, 1.165) is 29.9 Å². The molecule has 152 valence electrons. The van der Waals surface area contributed by atoms with Crippen molar-refractivity contribution < 1.29 is 4.79 Å². The number of benzene rings is 2. The van der Waals surface area contributed by atoms with E-state index in [1.807, 2.05) is 35.1 Å². The van der Waals surface area contributed by atoms with Crippen LogP contribution in [0.1, 0.15) is 34.5 Å². The van der Waals surface area contributed by atoms with E-state index in [9.17, 15) is 4.79 Å². The maximum absolute atomic E-state index is 12.6. The number of aromatic amines is 1. The van der Waals surface area contributed by atoms with Crippen LogP contribution >= 0.6 is 0 Å². The van der Waals surface area contributed by atoms with Crippen molar-refractivity contribution in [1.82, 2.24) is 25.3 Å². The zero-order chi connectivity index (χ0) is 20.3. The second-order valence-corrected chi connectivity index (χ2v) is 7.89. The largest absolute Gasteiger partial charge is 0.318 e. The zero-order valence-corrected chi connectivity index (χ0v) is 16.6. The number of hydrogen-bond acceptors (Lipinski definition) is 4. The molecule has 1 aliphatic rings. The van der Waals surface area contributed by atoms with Crippen molar-refractivity contribution in [2.45, 2.75) is 25.9 Å². The van der Waals surface area contributed by atoms with Gasteiger partial charge in [-0.15, -0.1) is 0 Å². The van der Waals surface area contributed by atoms with Gasteiger partial charge in [0.25, 0.3) is 5.91 Å². The fraction of sp³-hybridized carbons (Fsp3) is 0.261. The summed E-state index contributed by atoms with van der Waals surface area (Å²) in [6, 6.07) is 16.1. The summed E-state index contributed by atoms with van der Waals surface area (Å²) in [5, 5.41) is 18.6. The Kier molecular flexibility index (Phi) is 5.03. The van der Waals surface area contributed by atoms with Gasteiger partial charge in [-0.25, -0.2) is 0 Å². The maximum atomic E-state index is 12.6. The summed E-state index contributed by atoms with van der Waals surface area (Å²) in [7, 11) is 0. The van der Waals surface area contributed by atoms with E-state index in [0.29, 0.717) is 17.9 Å². The standard InChI is InChI=1S/C23H24N6O/c30-23(22-20-3-1-2-4-21(20)27-28-22)26-19-13-25-29(15-19)14-18-9-7-17(8-10-18)12-24-11-16-5-6-16/h1-4,7-10,13,15-16,24H,5-6,11-12,14H2,(H,26,30)(H,27,28). The summed E-state index contributed by atoms with van der Waals surface area (Å²) in [5.74, 6) is 0.639. The molecule has 0 unspecified atom stereocenters. The molecule has 2 aromatic carbocycles. The van der Waals surface area contributed by atoms with Gasteiger partial charge in [-0.1, -0.05) is 42.5 Å². The molecule has 5 rings (SSSR count). The van der Waals surface area contributed by atoms with Crippen LogP contribution in [0.15, 0.2) is 60.9 Å². The highest BCUT2D eigenvalue weighted by molar-refractivity contribution is 6.10. The summed E-state index contributed by atoms with van der Waals surface area (Å²) < 4.78 is 1.82. The molecule has 7 nitrogen and oxygen atoms in total. The van der Waals surface area contributed by atoms with E-state index in [1.165, 1.54) is 24.0 Å². The molecule has 0 spiro atoms. The summed E-state index contributed by atoms with van der Waals surface area (Å²) in [4.78, 5) is 12.6. The minimum absolute atomic E-state index is 0.255. The summed E-state index contributed by atoms with van der Waals surface area (Å²) in [6.07, 6.45) is 6.23. The molecular formula is C23H24N6O. The van der Waals surface area contributed by atoms with Crippen LogP contribution in [0.2, 0.25) is 0 Å². The second-order valence-electron chi connectivity index (χ2n) is 7.89. The van der Waals surface area contributed by atoms with Crippen LogP contribution in [-0.2, 0) is 13.1 Å². The van der Waals surface area contributed by atoms with Crippen LogP contribution < -0.4 is 10.6 Å². The number of anilines is 1. The molecule has 1 fully saturated rings. The van der Waals surface area contributed by atoms with Gasteiger partial charge < -0.3 is 10.6 Å². The van der Waals surface area contributed by atoms with Crippen LogP contribution in [-0.4, -0.2) is 32.4 Å². The first-order valence-corrected chi connectivity index (χ1v) is 10.3. The van der Waals surface area contributed by atoms with Gasteiger partial charge in [0.1, 0.15) is 0 Å². The average Bonchev–Trinajstić information content (AvgIpc) is 3.31. The fourth-order valence-corrected chi connectivity index (χ4v) is 3.53. The molecule has 0 atom stereocenters. The van der Waals surface area contributed by atoms with Crippen molar-refractivity contribution in [2.24, 2.45) is 5.92 Å². The van der Waals surface area contributed by atoms with Crippen LogP contribution in [0.5, 0.6) is 0 Å². The van der Waals surface area contributed by atoms with Crippen molar-refractivity contribution in [1.29, 1.82) is 0 Å². The molecule has 1 aliphatic carbocycles. The third kappa shape index (κ3) is 4.26. The van der Waals surface area contributed by atoms with Gasteiger partial charge in [-0.05, 0) is 42.5 Å². The molecule has 2 heterocycles. The topological polar surface area (TPSA) is 87.6 Å². The zero-order valence-electron chi connectivity index (χ0n) is 16.6. The number of para-hydroxylation sites is 1. The number of nitrogens with one attached hydrogen (secondary N) is 3. The summed E-state index contributed by atoms with van der Waals surface area (Å²) >= 11 is 0. The van der Waals surface area contributed by atoms with Crippen molar-refractivity contribution in [2.75, 3.05) is 11.9 Å². The molecule has 0 saturated heterocycles. The first-order chi connectivity index (χ1) is 14.7. The first-order valence-electron chi connectivity index (χ1n) is 10.3. The Balaban J connectivity index is 1.18. The number of nitrogens with zero attached hydrogens (tertiary/aromatic N) is 3. The van der Waals surface area contributed by atoms with E-state index in [1.54, 1.807) is 6.20 Å². The molecule has 1 saturated carbocycles. The molecule has 0 radical (unpaired) electrons. The predicted molar refractivity (Wildman–Crippen MR) is 116 cm³/mol. The Morgan fingerprint density at radius 2 is 1.90 bits per heavy atom. The number of carbonyl (C=O) groups is 1. The maximum Gasteiger partial charge on any atom is 0.276 e. The van der Waals surface area contributed by atoms with Gasteiger partial charge in [0.2, 0.25) is 0 Å². The fourth-order valence-electron chi connectivity index (χ4n) is 3.53. The molecule has 4 aromatic rings. The SMILES string of the molecule is O=C(Nc1cnn(Cc2ccc(CNCC3CC3)cc2)c1)c1n[nH]c2ccccc12. The number of H-pyrrole nitrogens is 1. The van der Waals surface area contributed by atoms with E-state index < -0.39 is 0 Å². The molecule has 1 amide bonds. The minimum atomic E-state index is -0.255. The van der Waals surface area contributed by atoms with Gasteiger partial charge in [-0.2, -0.15) is 10.2 Å². The summed E-state index contributed by atoms with van der Waals surface area (Å²) in [5.41, 5.74) is 4.32. The average molecular weight is 400 g/mol. The molecule has 3 N–H and O–H groups in total. The van der Waals surface area contributed by atoms with Gasteiger partial charge in [0, 0.05) is 18.1 Å². The number of amides is 1. The molecule has 7 heteroatoms. The van der Waals surface area contributed by atoms with Crippen LogP contribution in [0.4, 0.5) is 5.69 Å². The van der Waals surface area contributed by atoms with Crippen LogP contribution in [0, 0.1) is 5.92 Å². The lowest BCUT2D eigenvalue weighted by molar-refractivity contribution is 0.102. The normalized spacial score (nSPS) is 13.6. The highest BCUT2D eigenvalue weighted by Gasteiger charge is 2.20. The predicted octanol–water partition coefficient (Wildman–Crippen LogP) is 3.56. The Bertz CT molecular complexity index is 1160. The quantitative estimate of drug-likeness (QED) is 0.422. The minimum Gasteiger partial charge on any atom is -0.318 e. The van der Waals surface area contributed by atoms with Gasteiger partial charge in [-0.3, -0.25) is 14.6 Å². The van der Waals surface area contributed by atoms with Crippen molar-refractivity contribution in [3.8, 4) is 0 Å². The Labute approximate surface area is 174 Å². The highest BCUT2D eigenvalue weighted by Crippen LogP contribution is 2.27. The molecule has 0 aliphatic heterocycles. The number of rotatable bonds is 8. The van der Waals surface area contributed by atoms with Gasteiger partial charge >= 0.3 is 0 Å². The molecule has 2 aromatic heterocycles.